The molecular weight excluding hydrogens is 324 g/mol. The fraction of sp³-hybridized carbons (Fsp3) is 0.235. The number of hydrogen-bond donors (Lipinski definition) is 1. The van der Waals surface area contributed by atoms with Gasteiger partial charge in [-0.05, 0) is 26.0 Å². The van der Waals surface area contributed by atoms with Gasteiger partial charge in [-0.15, -0.1) is 6.58 Å². The van der Waals surface area contributed by atoms with Crippen LogP contribution in [0.2, 0.25) is 0 Å². The number of allylic oxidation sites excluding steroid dienone is 1. The van der Waals surface area contributed by atoms with Gasteiger partial charge in [0.25, 0.3) is 0 Å². The maximum Gasteiger partial charge on any atom is 0.238 e. The Balaban J connectivity index is 1.79. The molecule has 0 aliphatic rings. The van der Waals surface area contributed by atoms with E-state index in [1.54, 1.807) is 13.0 Å². The number of imidazole rings is 1. The number of carbonyl (C=O) groups excluding carboxylic acids is 1. The number of para-hydroxylation sites is 2. The molecule has 0 aliphatic carbocycles. The number of anilines is 1. The highest BCUT2D eigenvalue weighted by Crippen LogP contribution is 2.28. The minimum absolute atomic E-state index is 0.148. The molecule has 7 heteroatoms. The summed E-state index contributed by atoms with van der Waals surface area (Å²) in [5.41, 5.74) is 1.93. The lowest BCUT2D eigenvalue weighted by atomic mass is 10.3. The predicted octanol–water partition coefficient (Wildman–Crippen LogP) is 3.64. The molecule has 0 spiro atoms. The van der Waals surface area contributed by atoms with E-state index in [0.29, 0.717) is 18.1 Å². The Labute approximate surface area is 143 Å². The third-order valence-electron chi connectivity index (χ3n) is 3.46. The van der Waals surface area contributed by atoms with Crippen LogP contribution in [-0.2, 0) is 11.3 Å². The number of aryl methyl sites for hydroxylation is 1. The van der Waals surface area contributed by atoms with Crippen LogP contribution in [0.4, 0.5) is 5.82 Å². The molecule has 0 fully saturated rings. The Bertz CT molecular complexity index is 884. The van der Waals surface area contributed by atoms with Crippen LogP contribution in [0.1, 0.15) is 12.7 Å². The largest absolute Gasteiger partial charge is 0.360 e. The zero-order valence-electron chi connectivity index (χ0n) is 13.5. The average molecular weight is 342 g/mol. The summed E-state index contributed by atoms with van der Waals surface area (Å²) < 4.78 is 7.01. The second-order valence-corrected chi connectivity index (χ2v) is 6.66. The quantitative estimate of drug-likeness (QED) is 0.547. The average Bonchev–Trinajstić information content (AvgIpc) is 3.12. The lowest BCUT2D eigenvalue weighted by Gasteiger charge is -2.11. The molecule has 1 N–H and O–H groups in total. The van der Waals surface area contributed by atoms with Gasteiger partial charge in [-0.25, -0.2) is 4.98 Å². The molecule has 3 rings (SSSR count). The van der Waals surface area contributed by atoms with Crippen LogP contribution in [0.3, 0.4) is 0 Å². The molecule has 2 aromatic heterocycles. The van der Waals surface area contributed by atoms with E-state index in [0.717, 1.165) is 16.2 Å². The summed E-state index contributed by atoms with van der Waals surface area (Å²) in [5.74, 6) is 0.924. The van der Waals surface area contributed by atoms with Crippen molar-refractivity contribution in [1.29, 1.82) is 0 Å². The maximum absolute atomic E-state index is 12.3. The van der Waals surface area contributed by atoms with Gasteiger partial charge < -0.3 is 14.4 Å². The SMILES string of the molecule is C=CCn1c(SC(C)C(=O)Nc2cc(C)on2)nc2ccccc21. The Morgan fingerprint density at radius 2 is 2.29 bits per heavy atom. The fourth-order valence-electron chi connectivity index (χ4n) is 2.31. The van der Waals surface area contributed by atoms with Crippen molar-refractivity contribution in [2.24, 2.45) is 0 Å². The van der Waals surface area contributed by atoms with E-state index in [1.807, 2.05) is 37.3 Å². The van der Waals surface area contributed by atoms with Crippen molar-refractivity contribution >= 4 is 34.5 Å². The zero-order valence-corrected chi connectivity index (χ0v) is 14.3. The summed E-state index contributed by atoms with van der Waals surface area (Å²) in [5, 5.41) is 6.98. The Kier molecular flexibility index (Phi) is 4.71. The second kappa shape index (κ2) is 6.92. The van der Waals surface area contributed by atoms with Crippen LogP contribution in [0.15, 0.2) is 52.7 Å². The summed E-state index contributed by atoms with van der Waals surface area (Å²) >= 11 is 1.40. The van der Waals surface area contributed by atoms with Gasteiger partial charge in [0.05, 0.1) is 16.3 Å². The fourth-order valence-corrected chi connectivity index (χ4v) is 3.25. The molecule has 6 nitrogen and oxygen atoms in total. The van der Waals surface area contributed by atoms with Crippen LogP contribution in [0, 0.1) is 6.92 Å². The molecule has 0 radical (unpaired) electrons. The van der Waals surface area contributed by atoms with Gasteiger partial charge in [0.2, 0.25) is 5.91 Å². The highest BCUT2D eigenvalue weighted by atomic mass is 32.2. The summed E-state index contributed by atoms with van der Waals surface area (Å²) in [6.07, 6.45) is 1.82. The van der Waals surface area contributed by atoms with Crippen LogP contribution in [0.25, 0.3) is 11.0 Å². The number of thioether (sulfide) groups is 1. The molecule has 24 heavy (non-hydrogen) atoms. The van der Waals surface area contributed by atoms with Crippen LogP contribution < -0.4 is 5.32 Å². The first-order valence-corrected chi connectivity index (χ1v) is 8.43. The molecular formula is C17H18N4O2S. The van der Waals surface area contributed by atoms with Gasteiger partial charge in [-0.1, -0.05) is 35.1 Å². The Hall–Kier alpha value is -2.54. The number of fused-ring (bicyclic) bond motifs is 1. The molecule has 0 bridgehead atoms. The van der Waals surface area contributed by atoms with E-state index in [2.05, 4.69) is 26.6 Å². The van der Waals surface area contributed by atoms with Crippen molar-refractivity contribution < 1.29 is 9.32 Å². The Morgan fingerprint density at radius 3 is 3.00 bits per heavy atom. The summed E-state index contributed by atoms with van der Waals surface area (Å²) in [7, 11) is 0. The van der Waals surface area contributed by atoms with Crippen molar-refractivity contribution in [1.82, 2.24) is 14.7 Å². The summed E-state index contributed by atoms with van der Waals surface area (Å²) in [4.78, 5) is 17.0. The standard InChI is InChI=1S/C17H18N4O2S/c1-4-9-21-14-8-6-5-7-13(14)18-17(21)24-12(3)16(22)19-15-10-11(2)23-20-15/h4-8,10,12H,1,9H2,2-3H3,(H,19,20,22). The molecule has 1 amide bonds. The number of rotatable bonds is 6. The van der Waals surface area contributed by atoms with E-state index in [1.165, 1.54) is 11.8 Å². The van der Waals surface area contributed by atoms with Crippen LogP contribution in [-0.4, -0.2) is 25.9 Å². The van der Waals surface area contributed by atoms with Crippen molar-refractivity contribution in [3.05, 3.63) is 48.7 Å². The molecule has 3 aromatic rings. The van der Waals surface area contributed by atoms with Gasteiger partial charge in [0.1, 0.15) is 5.76 Å². The summed E-state index contributed by atoms with van der Waals surface area (Å²) in [6.45, 7) is 8.05. The number of benzene rings is 1. The number of nitrogens with one attached hydrogen (secondary N) is 1. The third-order valence-corrected chi connectivity index (χ3v) is 4.55. The van der Waals surface area contributed by atoms with Gasteiger partial charge in [0, 0.05) is 12.6 Å². The molecule has 2 heterocycles. The van der Waals surface area contributed by atoms with Crippen molar-refractivity contribution in [2.75, 3.05) is 5.32 Å². The van der Waals surface area contributed by atoms with E-state index in [9.17, 15) is 4.79 Å². The van der Waals surface area contributed by atoms with Gasteiger partial charge in [0.15, 0.2) is 11.0 Å². The first-order chi connectivity index (χ1) is 11.6. The molecule has 1 atom stereocenters. The molecule has 124 valence electrons. The third kappa shape index (κ3) is 3.35. The normalized spacial score (nSPS) is 12.2. The predicted molar refractivity (Wildman–Crippen MR) is 95.1 cm³/mol. The highest BCUT2D eigenvalue weighted by Gasteiger charge is 2.20. The van der Waals surface area contributed by atoms with E-state index in [4.69, 9.17) is 4.52 Å². The number of aromatic nitrogens is 3. The number of amides is 1. The first-order valence-electron chi connectivity index (χ1n) is 7.55. The second-order valence-electron chi connectivity index (χ2n) is 5.35. The molecule has 0 saturated carbocycles. The lowest BCUT2D eigenvalue weighted by molar-refractivity contribution is -0.115. The monoisotopic (exact) mass is 342 g/mol. The van der Waals surface area contributed by atoms with Crippen molar-refractivity contribution in [2.45, 2.75) is 30.8 Å². The van der Waals surface area contributed by atoms with Crippen molar-refractivity contribution in [3.63, 3.8) is 0 Å². The van der Waals surface area contributed by atoms with E-state index < -0.39 is 0 Å². The van der Waals surface area contributed by atoms with Gasteiger partial charge in [-0.3, -0.25) is 4.79 Å². The molecule has 0 saturated heterocycles. The number of carbonyl (C=O) groups is 1. The molecule has 0 aliphatic heterocycles. The first kappa shape index (κ1) is 16.3. The summed E-state index contributed by atoms with van der Waals surface area (Å²) in [6, 6.07) is 9.58. The molecule has 1 aromatic carbocycles. The number of nitrogens with zero attached hydrogens (tertiary/aromatic N) is 3. The maximum atomic E-state index is 12.3. The lowest BCUT2D eigenvalue weighted by Crippen LogP contribution is -2.23. The Morgan fingerprint density at radius 1 is 1.50 bits per heavy atom. The minimum Gasteiger partial charge on any atom is -0.360 e. The van der Waals surface area contributed by atoms with Crippen LogP contribution >= 0.6 is 11.8 Å². The number of hydrogen-bond acceptors (Lipinski definition) is 5. The minimum atomic E-state index is -0.331. The van der Waals surface area contributed by atoms with Crippen molar-refractivity contribution in [3.8, 4) is 0 Å². The topological polar surface area (TPSA) is 73.0 Å². The zero-order chi connectivity index (χ0) is 17.1. The van der Waals surface area contributed by atoms with E-state index in [-0.39, 0.29) is 11.2 Å². The highest BCUT2D eigenvalue weighted by molar-refractivity contribution is 8.00. The van der Waals surface area contributed by atoms with Gasteiger partial charge in [-0.2, -0.15) is 0 Å². The van der Waals surface area contributed by atoms with Gasteiger partial charge >= 0.3 is 0 Å². The molecule has 1 unspecified atom stereocenters. The van der Waals surface area contributed by atoms with E-state index >= 15 is 0 Å². The van der Waals surface area contributed by atoms with Crippen LogP contribution in [0.5, 0.6) is 0 Å². The smallest absolute Gasteiger partial charge is 0.238 e.